The van der Waals surface area contributed by atoms with E-state index in [1.165, 1.54) is 44.5 Å². The summed E-state index contributed by atoms with van der Waals surface area (Å²) < 4.78 is 5.98. The predicted octanol–water partition coefficient (Wildman–Crippen LogP) is 2.84. The lowest BCUT2D eigenvalue weighted by atomic mass is 9.94. The summed E-state index contributed by atoms with van der Waals surface area (Å²) in [7, 11) is 0. The molecule has 116 valence electrons. The maximum absolute atomic E-state index is 5.98. The zero-order chi connectivity index (χ0) is 14.5. The number of ether oxygens (including phenoxy) is 1. The van der Waals surface area contributed by atoms with Crippen LogP contribution in [0, 0.1) is 5.92 Å². The molecule has 3 rings (SSSR count). The zero-order valence-electron chi connectivity index (χ0n) is 13.1. The van der Waals surface area contributed by atoms with Crippen molar-refractivity contribution in [1.29, 1.82) is 0 Å². The van der Waals surface area contributed by atoms with Crippen molar-refractivity contribution in [3.63, 3.8) is 0 Å². The number of hydrogen-bond acceptors (Lipinski definition) is 3. The van der Waals surface area contributed by atoms with Gasteiger partial charge in [-0.25, -0.2) is 0 Å². The van der Waals surface area contributed by atoms with Crippen LogP contribution in [0.2, 0.25) is 0 Å². The first-order valence-corrected chi connectivity index (χ1v) is 8.49. The van der Waals surface area contributed by atoms with E-state index in [1.54, 1.807) is 0 Å². The number of benzene rings is 1. The molecule has 0 saturated carbocycles. The number of likely N-dealkylation sites (tertiary alicyclic amines) is 1. The third-order valence-electron chi connectivity index (χ3n) is 5.05. The van der Waals surface area contributed by atoms with Crippen LogP contribution >= 0.6 is 0 Å². The zero-order valence-corrected chi connectivity index (χ0v) is 13.1. The largest absolute Gasteiger partial charge is 0.373 e. The molecule has 0 bridgehead atoms. The highest BCUT2D eigenvalue weighted by molar-refractivity contribution is 5.19. The second-order valence-corrected chi connectivity index (χ2v) is 6.37. The first-order chi connectivity index (χ1) is 10.4. The third kappa shape index (κ3) is 3.85. The summed E-state index contributed by atoms with van der Waals surface area (Å²) in [6, 6.07) is 11.4. The van der Waals surface area contributed by atoms with Crippen LogP contribution in [-0.2, 0) is 4.74 Å². The lowest BCUT2D eigenvalue weighted by Crippen LogP contribution is -2.43. The highest BCUT2D eigenvalue weighted by Crippen LogP contribution is 2.34. The van der Waals surface area contributed by atoms with Crippen molar-refractivity contribution < 1.29 is 4.74 Å². The first-order valence-electron chi connectivity index (χ1n) is 8.49. The molecule has 0 aromatic heterocycles. The summed E-state index contributed by atoms with van der Waals surface area (Å²) in [5.74, 6) is 0.622. The average Bonchev–Trinajstić information content (AvgIpc) is 3.03. The van der Waals surface area contributed by atoms with Crippen LogP contribution in [0.5, 0.6) is 0 Å². The van der Waals surface area contributed by atoms with E-state index in [4.69, 9.17) is 4.74 Å². The van der Waals surface area contributed by atoms with Crippen molar-refractivity contribution in [1.82, 2.24) is 10.2 Å². The number of rotatable bonds is 5. The fourth-order valence-electron chi connectivity index (χ4n) is 3.63. The van der Waals surface area contributed by atoms with Gasteiger partial charge < -0.3 is 15.0 Å². The Hall–Kier alpha value is -0.900. The molecule has 3 heteroatoms. The summed E-state index contributed by atoms with van der Waals surface area (Å²) in [5, 5.41) is 3.80. The molecule has 2 fully saturated rings. The fourth-order valence-corrected chi connectivity index (χ4v) is 3.63. The molecule has 1 aromatic carbocycles. The fraction of sp³-hybridized carbons (Fsp3) is 0.667. The van der Waals surface area contributed by atoms with E-state index >= 15 is 0 Å². The van der Waals surface area contributed by atoms with Crippen LogP contribution < -0.4 is 5.32 Å². The van der Waals surface area contributed by atoms with E-state index in [-0.39, 0.29) is 6.10 Å². The van der Waals surface area contributed by atoms with Crippen molar-refractivity contribution in [2.75, 3.05) is 32.8 Å². The highest BCUT2D eigenvalue weighted by atomic mass is 16.5. The molecule has 2 aliphatic rings. The molecule has 1 N–H and O–H groups in total. The van der Waals surface area contributed by atoms with Gasteiger partial charge >= 0.3 is 0 Å². The smallest absolute Gasteiger partial charge is 0.0866 e. The Labute approximate surface area is 128 Å². The van der Waals surface area contributed by atoms with Gasteiger partial charge in [-0.1, -0.05) is 37.3 Å². The van der Waals surface area contributed by atoms with Crippen molar-refractivity contribution in [2.24, 2.45) is 5.92 Å². The lowest BCUT2D eigenvalue weighted by molar-refractivity contribution is 0.0886. The Morgan fingerprint density at radius 1 is 1.14 bits per heavy atom. The van der Waals surface area contributed by atoms with E-state index in [1.807, 2.05) is 0 Å². The van der Waals surface area contributed by atoms with E-state index < -0.39 is 0 Å². The van der Waals surface area contributed by atoms with Crippen LogP contribution in [0.25, 0.3) is 0 Å². The Balaban J connectivity index is 1.49. The molecule has 2 saturated heterocycles. The van der Waals surface area contributed by atoms with Gasteiger partial charge in [-0.3, -0.25) is 0 Å². The van der Waals surface area contributed by atoms with Crippen LogP contribution in [-0.4, -0.2) is 43.7 Å². The molecule has 2 heterocycles. The summed E-state index contributed by atoms with van der Waals surface area (Å²) in [5.41, 5.74) is 1.34. The molecule has 1 aromatic rings. The minimum atomic E-state index is 0.287. The second-order valence-electron chi connectivity index (χ2n) is 6.37. The van der Waals surface area contributed by atoms with E-state index in [2.05, 4.69) is 47.5 Å². The quantitative estimate of drug-likeness (QED) is 0.901. The van der Waals surface area contributed by atoms with Gasteiger partial charge in [-0.2, -0.15) is 0 Å². The minimum absolute atomic E-state index is 0.287. The van der Waals surface area contributed by atoms with Crippen LogP contribution in [0.4, 0.5) is 0 Å². The van der Waals surface area contributed by atoms with Gasteiger partial charge in [0, 0.05) is 25.1 Å². The molecule has 3 nitrogen and oxygen atoms in total. The molecule has 0 unspecified atom stereocenters. The van der Waals surface area contributed by atoms with Gasteiger partial charge in [0.1, 0.15) is 0 Å². The van der Waals surface area contributed by atoms with E-state index in [0.29, 0.717) is 12.0 Å². The topological polar surface area (TPSA) is 24.5 Å². The first kappa shape index (κ1) is 15.0. The van der Waals surface area contributed by atoms with Crippen LogP contribution in [0.3, 0.4) is 0 Å². The van der Waals surface area contributed by atoms with Crippen LogP contribution in [0.1, 0.15) is 37.9 Å². The van der Waals surface area contributed by atoms with Gasteiger partial charge in [-0.15, -0.1) is 0 Å². The average molecular weight is 288 g/mol. The van der Waals surface area contributed by atoms with Crippen molar-refractivity contribution in [3.8, 4) is 0 Å². The second kappa shape index (κ2) is 7.39. The van der Waals surface area contributed by atoms with Gasteiger partial charge in [-0.05, 0) is 44.5 Å². The molecule has 0 amide bonds. The molecule has 0 spiro atoms. The standard InChI is InChI=1S/C18H28N2O/c1-2-20-11-8-17(9-12-20)19-14-16-10-13-21-18(16)15-6-4-3-5-7-15/h3-7,16-19H,2,8-14H2,1H3/t16-,18-/m1/s1. The van der Waals surface area contributed by atoms with Crippen molar-refractivity contribution in [3.05, 3.63) is 35.9 Å². The summed E-state index contributed by atoms with van der Waals surface area (Å²) in [6.45, 7) is 7.94. The third-order valence-corrected chi connectivity index (χ3v) is 5.05. The molecule has 0 radical (unpaired) electrons. The van der Waals surface area contributed by atoms with E-state index in [0.717, 1.165) is 13.2 Å². The van der Waals surface area contributed by atoms with Gasteiger partial charge in [0.15, 0.2) is 0 Å². The van der Waals surface area contributed by atoms with Gasteiger partial charge in [0.2, 0.25) is 0 Å². The lowest BCUT2D eigenvalue weighted by Gasteiger charge is -2.32. The monoisotopic (exact) mass is 288 g/mol. The van der Waals surface area contributed by atoms with E-state index in [9.17, 15) is 0 Å². The summed E-state index contributed by atoms with van der Waals surface area (Å²) in [6.07, 6.45) is 4.05. The SMILES string of the molecule is CCN1CCC(NC[C@H]2CCO[C@@H]2c2ccccc2)CC1. The predicted molar refractivity (Wildman–Crippen MR) is 86.4 cm³/mol. The Bertz CT molecular complexity index is 414. The van der Waals surface area contributed by atoms with Crippen molar-refractivity contribution in [2.45, 2.75) is 38.3 Å². The summed E-state index contributed by atoms with van der Waals surface area (Å²) in [4.78, 5) is 2.55. The molecular weight excluding hydrogens is 260 g/mol. The van der Waals surface area contributed by atoms with Crippen molar-refractivity contribution >= 4 is 0 Å². The van der Waals surface area contributed by atoms with Crippen LogP contribution in [0.15, 0.2) is 30.3 Å². The molecule has 21 heavy (non-hydrogen) atoms. The molecule has 0 aliphatic carbocycles. The summed E-state index contributed by atoms with van der Waals surface area (Å²) >= 11 is 0. The maximum atomic E-state index is 5.98. The normalized spacial score (nSPS) is 28.0. The Morgan fingerprint density at radius 3 is 2.62 bits per heavy atom. The number of piperidine rings is 1. The minimum Gasteiger partial charge on any atom is -0.373 e. The van der Waals surface area contributed by atoms with Gasteiger partial charge in [0.25, 0.3) is 0 Å². The maximum Gasteiger partial charge on any atom is 0.0866 e. The number of nitrogens with one attached hydrogen (secondary N) is 1. The Kier molecular flexibility index (Phi) is 5.28. The molecule has 2 aliphatic heterocycles. The highest BCUT2D eigenvalue weighted by Gasteiger charge is 2.30. The number of nitrogens with zero attached hydrogens (tertiary/aromatic N) is 1. The molecule has 2 atom stereocenters. The Morgan fingerprint density at radius 2 is 1.90 bits per heavy atom. The van der Waals surface area contributed by atoms with Gasteiger partial charge in [0.05, 0.1) is 6.10 Å². The number of hydrogen-bond donors (Lipinski definition) is 1. The molecular formula is C18H28N2O.